The van der Waals surface area contributed by atoms with Crippen molar-refractivity contribution in [3.63, 3.8) is 0 Å². The van der Waals surface area contributed by atoms with Crippen LogP contribution in [0.15, 0.2) is 60.9 Å². The number of pyridine rings is 2. The van der Waals surface area contributed by atoms with E-state index in [4.69, 9.17) is 11.6 Å². The molecule has 0 spiro atoms. The number of nitrogens with zero attached hydrogens (tertiary/aromatic N) is 2. The van der Waals surface area contributed by atoms with E-state index in [-0.39, 0.29) is 12.8 Å². The summed E-state index contributed by atoms with van der Waals surface area (Å²) in [6.45, 7) is 0. The first-order valence-electron chi connectivity index (χ1n) is 11.0. The van der Waals surface area contributed by atoms with Crippen molar-refractivity contribution in [2.45, 2.75) is 49.4 Å². The van der Waals surface area contributed by atoms with Gasteiger partial charge in [0.15, 0.2) is 0 Å². The van der Waals surface area contributed by atoms with Gasteiger partial charge in [0.2, 0.25) is 5.92 Å². The quantitative estimate of drug-likeness (QED) is 0.387. The third-order valence-electron chi connectivity index (χ3n) is 6.25. The van der Waals surface area contributed by atoms with Gasteiger partial charge in [0.1, 0.15) is 5.69 Å². The molecular weight excluding hydrogens is 505 g/mol. The van der Waals surface area contributed by atoms with Crippen molar-refractivity contribution >= 4 is 17.5 Å². The zero-order chi connectivity index (χ0) is 26.1. The third kappa shape index (κ3) is 5.49. The highest BCUT2D eigenvalue weighted by Crippen LogP contribution is 2.45. The van der Waals surface area contributed by atoms with Gasteiger partial charge in [-0.25, -0.2) is 13.8 Å². The van der Waals surface area contributed by atoms with Crippen LogP contribution in [0.25, 0.3) is 11.3 Å². The van der Waals surface area contributed by atoms with Crippen LogP contribution in [0.1, 0.15) is 53.3 Å². The summed E-state index contributed by atoms with van der Waals surface area (Å²) < 4.78 is 67.7. The minimum Gasteiger partial charge on any atom is -0.387 e. The number of alkyl halides is 5. The highest BCUT2D eigenvalue weighted by Gasteiger charge is 2.48. The summed E-state index contributed by atoms with van der Waals surface area (Å²) >= 11 is 5.87. The van der Waals surface area contributed by atoms with Gasteiger partial charge in [0, 0.05) is 30.8 Å². The Morgan fingerprint density at radius 2 is 1.72 bits per heavy atom. The average molecular weight is 526 g/mol. The summed E-state index contributed by atoms with van der Waals surface area (Å²) in [5.74, 6) is -4.05. The SMILES string of the molecule is O=C(NC(c1cccc(-c2ccccn2)c1)C1(O)CCC(F)(F)CC1)c1nccc(C(F)(F)F)c1Cl. The van der Waals surface area contributed by atoms with Gasteiger partial charge in [-0.2, -0.15) is 13.2 Å². The number of carbonyl (C=O) groups excluding carboxylic acids is 1. The number of halogens is 6. The highest BCUT2D eigenvalue weighted by atomic mass is 35.5. The van der Waals surface area contributed by atoms with Gasteiger partial charge in [0.25, 0.3) is 5.91 Å². The van der Waals surface area contributed by atoms with Crippen LogP contribution < -0.4 is 5.32 Å². The van der Waals surface area contributed by atoms with Crippen molar-refractivity contribution in [2.24, 2.45) is 0 Å². The molecule has 1 aromatic carbocycles. The van der Waals surface area contributed by atoms with E-state index in [9.17, 15) is 31.9 Å². The summed E-state index contributed by atoms with van der Waals surface area (Å²) in [6.07, 6.45) is -4.35. The molecule has 1 saturated carbocycles. The van der Waals surface area contributed by atoms with Crippen LogP contribution in [0.4, 0.5) is 22.0 Å². The topological polar surface area (TPSA) is 75.1 Å². The van der Waals surface area contributed by atoms with Crippen LogP contribution in [0, 0.1) is 0 Å². The Kier molecular flexibility index (Phi) is 7.03. The molecule has 2 N–H and O–H groups in total. The van der Waals surface area contributed by atoms with Gasteiger partial charge in [-0.3, -0.25) is 9.78 Å². The number of hydrogen-bond acceptors (Lipinski definition) is 4. The molecule has 190 valence electrons. The van der Waals surface area contributed by atoms with E-state index in [0.29, 0.717) is 22.9 Å². The molecule has 1 unspecified atom stereocenters. The molecule has 1 aliphatic rings. The molecule has 36 heavy (non-hydrogen) atoms. The van der Waals surface area contributed by atoms with Crippen LogP contribution in [0.5, 0.6) is 0 Å². The second-order valence-corrected chi connectivity index (χ2v) is 9.10. The largest absolute Gasteiger partial charge is 0.417 e. The molecular formula is C25H21ClF5N3O2. The van der Waals surface area contributed by atoms with Gasteiger partial charge in [-0.1, -0.05) is 35.9 Å². The highest BCUT2D eigenvalue weighted by molar-refractivity contribution is 6.34. The predicted molar refractivity (Wildman–Crippen MR) is 122 cm³/mol. The average Bonchev–Trinajstić information content (AvgIpc) is 2.84. The first-order chi connectivity index (χ1) is 16.9. The second kappa shape index (κ2) is 9.74. The molecule has 1 amide bonds. The minimum absolute atomic E-state index is 0.345. The molecule has 11 heteroatoms. The van der Waals surface area contributed by atoms with Gasteiger partial charge < -0.3 is 10.4 Å². The third-order valence-corrected chi connectivity index (χ3v) is 6.63. The fraction of sp³-hybridized carbons (Fsp3) is 0.320. The number of amides is 1. The van der Waals surface area contributed by atoms with Gasteiger partial charge in [-0.05, 0) is 42.7 Å². The number of aromatic nitrogens is 2. The fourth-order valence-corrected chi connectivity index (χ4v) is 4.60. The number of carbonyl (C=O) groups is 1. The van der Waals surface area contributed by atoms with Crippen LogP contribution in [-0.2, 0) is 6.18 Å². The zero-order valence-corrected chi connectivity index (χ0v) is 19.5. The van der Waals surface area contributed by atoms with Crippen LogP contribution in [0.3, 0.4) is 0 Å². The van der Waals surface area contributed by atoms with Crippen molar-refractivity contribution in [1.29, 1.82) is 0 Å². The van der Waals surface area contributed by atoms with Crippen LogP contribution in [-0.4, -0.2) is 32.5 Å². The van der Waals surface area contributed by atoms with Crippen molar-refractivity contribution in [3.05, 3.63) is 82.8 Å². The fourth-order valence-electron chi connectivity index (χ4n) is 4.30. The Balaban J connectivity index is 1.73. The van der Waals surface area contributed by atoms with Crippen molar-refractivity contribution in [1.82, 2.24) is 15.3 Å². The molecule has 3 aromatic rings. The lowest BCUT2D eigenvalue weighted by molar-refractivity contribution is -0.137. The zero-order valence-electron chi connectivity index (χ0n) is 18.7. The lowest BCUT2D eigenvalue weighted by atomic mass is 9.75. The van der Waals surface area contributed by atoms with E-state index >= 15 is 0 Å². The summed E-state index contributed by atoms with van der Waals surface area (Å²) in [4.78, 5) is 21.1. The molecule has 5 nitrogen and oxygen atoms in total. The predicted octanol–water partition coefficient (Wildman–Crippen LogP) is 6.23. The number of benzene rings is 1. The lowest BCUT2D eigenvalue weighted by Crippen LogP contribution is -2.50. The van der Waals surface area contributed by atoms with Crippen molar-refractivity contribution in [3.8, 4) is 11.3 Å². The minimum atomic E-state index is -4.82. The van der Waals surface area contributed by atoms with E-state index < -0.39 is 58.8 Å². The molecule has 0 bridgehead atoms. The Morgan fingerprint density at radius 1 is 1.00 bits per heavy atom. The summed E-state index contributed by atoms with van der Waals surface area (Å²) in [5, 5.41) is 13.0. The molecule has 0 saturated heterocycles. The molecule has 2 heterocycles. The van der Waals surface area contributed by atoms with E-state index in [1.165, 1.54) is 0 Å². The van der Waals surface area contributed by atoms with Crippen LogP contribution in [0.2, 0.25) is 5.02 Å². The van der Waals surface area contributed by atoms with Crippen molar-refractivity contribution in [2.75, 3.05) is 0 Å². The van der Waals surface area contributed by atoms with E-state index in [1.54, 1.807) is 48.7 Å². The smallest absolute Gasteiger partial charge is 0.387 e. The molecule has 1 aliphatic carbocycles. The number of aliphatic hydroxyl groups is 1. The molecule has 1 atom stereocenters. The van der Waals surface area contributed by atoms with Gasteiger partial charge in [-0.15, -0.1) is 0 Å². The molecule has 0 aliphatic heterocycles. The Morgan fingerprint density at radius 3 is 2.36 bits per heavy atom. The standard InChI is InChI=1S/C25H21ClF5N3O2/c26-19-17(25(29,30)31)7-13-33-20(19)22(35)34-21(23(36)8-10-24(27,28)11-9-23)16-5-3-4-15(14-16)18-6-1-2-12-32-18/h1-7,12-14,21,36H,8-11H2,(H,34,35). The number of rotatable bonds is 5. The number of nitrogens with one attached hydrogen (secondary N) is 1. The van der Waals surface area contributed by atoms with E-state index in [1.807, 2.05) is 0 Å². The summed E-state index contributed by atoms with van der Waals surface area (Å²) in [6, 6.07) is 11.3. The maximum absolute atomic E-state index is 13.9. The Bertz CT molecular complexity index is 1240. The monoisotopic (exact) mass is 525 g/mol. The van der Waals surface area contributed by atoms with E-state index in [2.05, 4.69) is 15.3 Å². The Hall–Kier alpha value is -3.11. The first kappa shape index (κ1) is 26.0. The first-order valence-corrected chi connectivity index (χ1v) is 11.4. The van der Waals surface area contributed by atoms with Gasteiger partial charge >= 0.3 is 6.18 Å². The maximum atomic E-state index is 13.9. The molecule has 2 aromatic heterocycles. The second-order valence-electron chi connectivity index (χ2n) is 8.73. The van der Waals surface area contributed by atoms with Gasteiger partial charge in [0.05, 0.1) is 27.9 Å². The molecule has 4 rings (SSSR count). The van der Waals surface area contributed by atoms with Crippen molar-refractivity contribution < 1.29 is 31.9 Å². The Labute approximate surface area is 208 Å². The van der Waals surface area contributed by atoms with E-state index in [0.717, 1.165) is 6.20 Å². The lowest BCUT2D eigenvalue weighted by Gasteiger charge is -2.42. The maximum Gasteiger partial charge on any atom is 0.417 e. The van der Waals surface area contributed by atoms with Crippen LogP contribution >= 0.6 is 11.6 Å². The normalized spacial score (nSPS) is 17.9. The summed E-state index contributed by atoms with van der Waals surface area (Å²) in [7, 11) is 0. The summed E-state index contributed by atoms with van der Waals surface area (Å²) in [5.41, 5.74) is -2.14. The molecule has 0 radical (unpaired) electrons. The molecule has 1 fully saturated rings. The number of hydrogen-bond donors (Lipinski definition) is 2.